The van der Waals surface area contributed by atoms with E-state index in [4.69, 9.17) is 10.2 Å². The maximum atomic E-state index is 10.5. The number of hydrogen-bond acceptors (Lipinski definition) is 4. The Labute approximate surface area is 85.6 Å². The largest absolute Gasteiger partial charge is 0.459 e. The zero-order chi connectivity index (χ0) is 11.0. The van der Waals surface area contributed by atoms with Crippen LogP contribution in [0.5, 0.6) is 0 Å². The molecule has 1 aromatic heterocycles. The van der Waals surface area contributed by atoms with Gasteiger partial charge in [-0.3, -0.25) is 10.1 Å². The summed E-state index contributed by atoms with van der Waals surface area (Å²) in [7, 11) is 0. The Morgan fingerprint density at radius 2 is 2.20 bits per heavy atom. The van der Waals surface area contributed by atoms with Gasteiger partial charge >= 0.3 is 0 Å². The zero-order valence-corrected chi connectivity index (χ0v) is 8.14. The van der Waals surface area contributed by atoms with Crippen molar-refractivity contribution in [3.05, 3.63) is 40.1 Å². The van der Waals surface area contributed by atoms with Gasteiger partial charge < -0.3 is 10.2 Å². The van der Waals surface area contributed by atoms with Crippen LogP contribution in [0.15, 0.2) is 28.7 Å². The van der Waals surface area contributed by atoms with Crippen LogP contribution in [-0.2, 0) is 0 Å². The van der Waals surface area contributed by atoms with Crippen LogP contribution in [0, 0.1) is 10.1 Å². The highest BCUT2D eigenvalue weighted by Gasteiger charge is 2.11. The maximum Gasteiger partial charge on any atom is 0.270 e. The van der Waals surface area contributed by atoms with Gasteiger partial charge in [0.2, 0.25) is 0 Å². The van der Waals surface area contributed by atoms with Crippen LogP contribution in [0.1, 0.15) is 18.7 Å². The molecule has 0 saturated heterocycles. The number of nitrogens with two attached hydrogens (primary N) is 1. The molecule has 0 spiro atoms. The zero-order valence-electron chi connectivity index (χ0n) is 8.14. The number of non-ortho nitro benzene ring substituents is 1. The summed E-state index contributed by atoms with van der Waals surface area (Å²) >= 11 is 0. The molecule has 2 N–H and O–H groups in total. The van der Waals surface area contributed by atoms with E-state index in [0.29, 0.717) is 16.7 Å². The van der Waals surface area contributed by atoms with Crippen LogP contribution < -0.4 is 5.73 Å². The maximum absolute atomic E-state index is 10.5. The number of fused-ring (bicyclic) bond motifs is 1. The number of nitro benzene ring substituents is 1. The summed E-state index contributed by atoms with van der Waals surface area (Å²) in [6.07, 6.45) is 0. The number of furan rings is 1. The summed E-state index contributed by atoms with van der Waals surface area (Å²) in [6.45, 7) is 1.80. The van der Waals surface area contributed by atoms with Gasteiger partial charge in [0.1, 0.15) is 11.3 Å². The molecule has 0 amide bonds. The van der Waals surface area contributed by atoms with Crippen molar-refractivity contribution in [2.45, 2.75) is 13.0 Å². The Morgan fingerprint density at radius 3 is 2.80 bits per heavy atom. The molecule has 5 heteroatoms. The Kier molecular flexibility index (Phi) is 2.17. The molecule has 15 heavy (non-hydrogen) atoms. The second-order valence-electron chi connectivity index (χ2n) is 3.42. The molecular weight excluding hydrogens is 196 g/mol. The Bertz CT molecular complexity index is 516. The van der Waals surface area contributed by atoms with Gasteiger partial charge in [0.25, 0.3) is 5.69 Å². The molecule has 2 rings (SSSR count). The molecule has 0 aliphatic heterocycles. The minimum atomic E-state index is -0.433. The quantitative estimate of drug-likeness (QED) is 0.604. The van der Waals surface area contributed by atoms with E-state index < -0.39 is 4.92 Å². The predicted molar refractivity (Wildman–Crippen MR) is 55.5 cm³/mol. The van der Waals surface area contributed by atoms with Gasteiger partial charge in [-0.25, -0.2) is 0 Å². The van der Waals surface area contributed by atoms with Crippen molar-refractivity contribution in [3.63, 3.8) is 0 Å². The minimum Gasteiger partial charge on any atom is -0.459 e. The SMILES string of the molecule is CC(N)c1cc2cc([N+](=O)[O-])ccc2o1. The summed E-state index contributed by atoms with van der Waals surface area (Å²) in [6, 6.07) is 5.99. The molecule has 2 aromatic rings. The Hall–Kier alpha value is -1.88. The summed E-state index contributed by atoms with van der Waals surface area (Å²) in [5.41, 5.74) is 6.32. The van der Waals surface area contributed by atoms with Gasteiger partial charge in [0.15, 0.2) is 0 Å². The second-order valence-corrected chi connectivity index (χ2v) is 3.42. The molecule has 0 bridgehead atoms. The fourth-order valence-electron chi connectivity index (χ4n) is 1.39. The standard InChI is InChI=1S/C10H10N2O3/c1-6(11)10-5-7-4-8(12(13)14)2-3-9(7)15-10/h2-6H,11H2,1H3. The third-order valence-electron chi connectivity index (χ3n) is 2.18. The number of hydrogen-bond donors (Lipinski definition) is 1. The van der Waals surface area contributed by atoms with Gasteiger partial charge in [-0.15, -0.1) is 0 Å². The lowest BCUT2D eigenvalue weighted by molar-refractivity contribution is -0.384. The summed E-state index contributed by atoms with van der Waals surface area (Å²) in [5.74, 6) is 0.630. The van der Waals surface area contributed by atoms with Gasteiger partial charge in [0.05, 0.1) is 11.0 Å². The van der Waals surface area contributed by atoms with Crippen LogP contribution in [0.25, 0.3) is 11.0 Å². The van der Waals surface area contributed by atoms with Gasteiger partial charge in [-0.2, -0.15) is 0 Å². The minimum absolute atomic E-state index is 0.0551. The average Bonchev–Trinajstić information content (AvgIpc) is 2.59. The molecule has 0 fully saturated rings. The molecule has 1 aromatic carbocycles. The van der Waals surface area contributed by atoms with Crippen LogP contribution in [0.2, 0.25) is 0 Å². The van der Waals surface area contributed by atoms with E-state index in [0.717, 1.165) is 0 Å². The van der Waals surface area contributed by atoms with Gasteiger partial charge in [0, 0.05) is 17.5 Å². The van der Waals surface area contributed by atoms with Gasteiger partial charge in [-0.1, -0.05) is 0 Å². The van der Waals surface area contributed by atoms with E-state index in [2.05, 4.69) is 0 Å². The highest BCUT2D eigenvalue weighted by molar-refractivity contribution is 5.80. The molecule has 1 atom stereocenters. The van der Waals surface area contributed by atoms with E-state index in [1.54, 1.807) is 19.1 Å². The predicted octanol–water partition coefficient (Wildman–Crippen LogP) is 2.36. The smallest absolute Gasteiger partial charge is 0.270 e. The molecule has 1 heterocycles. The highest BCUT2D eigenvalue weighted by Crippen LogP contribution is 2.26. The van der Waals surface area contributed by atoms with Crippen molar-refractivity contribution in [1.82, 2.24) is 0 Å². The molecule has 1 unspecified atom stereocenters. The van der Waals surface area contributed by atoms with E-state index in [9.17, 15) is 10.1 Å². The lowest BCUT2D eigenvalue weighted by atomic mass is 10.2. The number of nitro groups is 1. The van der Waals surface area contributed by atoms with Crippen LogP contribution in [0.4, 0.5) is 5.69 Å². The lowest BCUT2D eigenvalue weighted by Gasteiger charge is -1.96. The first-order chi connectivity index (χ1) is 7.08. The number of rotatable bonds is 2. The lowest BCUT2D eigenvalue weighted by Crippen LogP contribution is -2.02. The van der Waals surface area contributed by atoms with E-state index in [1.807, 2.05) is 0 Å². The van der Waals surface area contributed by atoms with Crippen molar-refractivity contribution in [1.29, 1.82) is 0 Å². The molecule has 0 radical (unpaired) electrons. The second kappa shape index (κ2) is 3.36. The molecular formula is C10H10N2O3. The van der Waals surface area contributed by atoms with Crippen molar-refractivity contribution in [2.75, 3.05) is 0 Å². The van der Waals surface area contributed by atoms with Crippen molar-refractivity contribution in [3.8, 4) is 0 Å². The van der Waals surface area contributed by atoms with E-state index in [-0.39, 0.29) is 11.7 Å². The molecule has 0 aliphatic rings. The Morgan fingerprint density at radius 1 is 1.47 bits per heavy atom. The van der Waals surface area contributed by atoms with Crippen molar-refractivity contribution < 1.29 is 9.34 Å². The Balaban J connectivity index is 2.57. The average molecular weight is 206 g/mol. The van der Waals surface area contributed by atoms with E-state index in [1.165, 1.54) is 12.1 Å². The fourth-order valence-corrected chi connectivity index (χ4v) is 1.39. The fraction of sp³-hybridized carbons (Fsp3) is 0.200. The first-order valence-corrected chi connectivity index (χ1v) is 4.51. The number of nitrogens with zero attached hydrogens (tertiary/aromatic N) is 1. The highest BCUT2D eigenvalue weighted by atomic mass is 16.6. The first-order valence-electron chi connectivity index (χ1n) is 4.51. The van der Waals surface area contributed by atoms with Crippen molar-refractivity contribution >= 4 is 16.7 Å². The van der Waals surface area contributed by atoms with Crippen LogP contribution >= 0.6 is 0 Å². The number of benzene rings is 1. The molecule has 0 saturated carbocycles. The molecule has 5 nitrogen and oxygen atoms in total. The van der Waals surface area contributed by atoms with Crippen LogP contribution in [-0.4, -0.2) is 4.92 Å². The summed E-state index contributed by atoms with van der Waals surface area (Å²) in [4.78, 5) is 10.1. The monoisotopic (exact) mass is 206 g/mol. The van der Waals surface area contributed by atoms with E-state index >= 15 is 0 Å². The summed E-state index contributed by atoms with van der Waals surface area (Å²) < 4.78 is 5.42. The molecule has 78 valence electrons. The topological polar surface area (TPSA) is 82.3 Å². The van der Waals surface area contributed by atoms with Crippen molar-refractivity contribution in [2.24, 2.45) is 5.73 Å². The van der Waals surface area contributed by atoms with Gasteiger partial charge in [-0.05, 0) is 19.1 Å². The molecule has 0 aliphatic carbocycles. The summed E-state index contributed by atoms with van der Waals surface area (Å²) in [5, 5.41) is 11.2. The first kappa shape index (κ1) is 9.67. The van der Waals surface area contributed by atoms with Crippen LogP contribution in [0.3, 0.4) is 0 Å². The third-order valence-corrected chi connectivity index (χ3v) is 2.18. The normalized spacial score (nSPS) is 12.9. The third kappa shape index (κ3) is 1.69.